The molecule has 0 aliphatic heterocycles. The fourth-order valence-electron chi connectivity index (χ4n) is 2.85. The topological polar surface area (TPSA) is 67.2 Å². The third kappa shape index (κ3) is 2.72. The molecule has 0 atom stereocenters. The van der Waals surface area contributed by atoms with Crippen LogP contribution in [0.1, 0.15) is 0 Å². The van der Waals surface area contributed by atoms with Crippen LogP contribution in [-0.4, -0.2) is 14.9 Å². The van der Waals surface area contributed by atoms with E-state index in [2.05, 4.69) is 10.3 Å². The predicted octanol–water partition coefficient (Wildman–Crippen LogP) is 4.04. The van der Waals surface area contributed by atoms with E-state index >= 15 is 0 Å². The van der Waals surface area contributed by atoms with Crippen molar-refractivity contribution in [3.63, 3.8) is 0 Å². The molecular formula is C20H15N3O2. The van der Waals surface area contributed by atoms with Crippen LogP contribution in [0.15, 0.2) is 83.8 Å². The first-order valence-electron chi connectivity index (χ1n) is 7.85. The lowest BCUT2D eigenvalue weighted by Gasteiger charge is -2.14. The van der Waals surface area contributed by atoms with E-state index in [1.807, 2.05) is 60.7 Å². The Labute approximate surface area is 143 Å². The zero-order valence-electron chi connectivity index (χ0n) is 13.3. The predicted molar refractivity (Wildman–Crippen MR) is 98.3 cm³/mol. The molecule has 0 saturated carbocycles. The number of pyridine rings is 2. The number of nitrogens with one attached hydrogen (secondary N) is 1. The van der Waals surface area contributed by atoms with Crippen molar-refractivity contribution in [2.45, 2.75) is 0 Å². The lowest BCUT2D eigenvalue weighted by Crippen LogP contribution is -2.18. The maximum atomic E-state index is 12.0. The Kier molecular flexibility index (Phi) is 3.67. The van der Waals surface area contributed by atoms with Gasteiger partial charge >= 0.3 is 0 Å². The van der Waals surface area contributed by atoms with Gasteiger partial charge in [-0.25, -0.2) is 4.98 Å². The third-order valence-electron chi connectivity index (χ3n) is 4.04. The zero-order valence-corrected chi connectivity index (χ0v) is 13.3. The van der Waals surface area contributed by atoms with Gasteiger partial charge in [0, 0.05) is 28.9 Å². The second kappa shape index (κ2) is 6.13. The summed E-state index contributed by atoms with van der Waals surface area (Å²) in [7, 11) is 0. The Morgan fingerprint density at radius 3 is 2.48 bits per heavy atom. The number of anilines is 2. The van der Waals surface area contributed by atoms with Crippen molar-refractivity contribution >= 4 is 22.4 Å². The van der Waals surface area contributed by atoms with Crippen molar-refractivity contribution in [3.05, 3.63) is 89.3 Å². The molecule has 25 heavy (non-hydrogen) atoms. The summed E-state index contributed by atoms with van der Waals surface area (Å²) < 4.78 is 0.559. The van der Waals surface area contributed by atoms with Crippen molar-refractivity contribution in [2.24, 2.45) is 0 Å². The molecule has 5 heteroatoms. The molecule has 0 aliphatic rings. The Morgan fingerprint density at radius 1 is 0.880 bits per heavy atom. The summed E-state index contributed by atoms with van der Waals surface area (Å²) in [4.78, 5) is 16.1. The Morgan fingerprint density at radius 2 is 1.64 bits per heavy atom. The molecule has 122 valence electrons. The van der Waals surface area contributed by atoms with Crippen LogP contribution in [-0.2, 0) is 0 Å². The van der Waals surface area contributed by atoms with E-state index in [0.29, 0.717) is 15.8 Å². The van der Waals surface area contributed by atoms with Gasteiger partial charge in [0.05, 0.1) is 5.69 Å². The summed E-state index contributed by atoms with van der Waals surface area (Å²) in [5.74, 6) is 0. The van der Waals surface area contributed by atoms with E-state index in [1.165, 1.54) is 12.3 Å². The summed E-state index contributed by atoms with van der Waals surface area (Å²) in [6, 6.07) is 22.8. The molecule has 0 radical (unpaired) electrons. The molecule has 5 nitrogen and oxygen atoms in total. The number of hydrogen-bond donors (Lipinski definition) is 2. The minimum atomic E-state index is -0.536. The zero-order chi connectivity index (χ0) is 17.2. The molecule has 2 aromatic carbocycles. The van der Waals surface area contributed by atoms with Gasteiger partial charge in [0.25, 0.3) is 5.56 Å². The highest BCUT2D eigenvalue weighted by molar-refractivity contribution is 5.93. The number of hydrogen-bond acceptors (Lipinski definition) is 4. The van der Waals surface area contributed by atoms with E-state index in [4.69, 9.17) is 0 Å². The molecule has 0 aliphatic carbocycles. The molecule has 0 amide bonds. The van der Waals surface area contributed by atoms with Crippen LogP contribution in [0.5, 0.6) is 0 Å². The van der Waals surface area contributed by atoms with E-state index in [9.17, 15) is 10.0 Å². The normalized spacial score (nSPS) is 10.7. The summed E-state index contributed by atoms with van der Waals surface area (Å²) in [5.41, 5.74) is 3.24. The standard InChI is InChI=1S/C20H15N3O2/c24-19-13-18(16-10-6-12-21-20(16)23(19)25)22-17-11-5-4-9-15(17)14-7-2-1-3-8-14/h1-13,22,25H. The average Bonchev–Trinajstić information content (AvgIpc) is 2.67. The molecule has 2 heterocycles. The highest BCUT2D eigenvalue weighted by Gasteiger charge is 2.11. The van der Waals surface area contributed by atoms with Crippen molar-refractivity contribution in [1.82, 2.24) is 9.71 Å². The molecule has 0 unspecified atom stereocenters. The van der Waals surface area contributed by atoms with Gasteiger partial charge < -0.3 is 10.5 Å². The largest absolute Gasteiger partial charge is 0.423 e. The highest BCUT2D eigenvalue weighted by Crippen LogP contribution is 2.31. The molecular weight excluding hydrogens is 314 g/mol. The average molecular weight is 329 g/mol. The van der Waals surface area contributed by atoms with E-state index < -0.39 is 5.56 Å². The lowest BCUT2D eigenvalue weighted by molar-refractivity contribution is 0.187. The number of para-hydroxylation sites is 1. The van der Waals surface area contributed by atoms with Gasteiger partial charge in [-0.1, -0.05) is 48.5 Å². The maximum absolute atomic E-state index is 12.0. The summed E-state index contributed by atoms with van der Waals surface area (Å²) in [6.45, 7) is 0. The molecule has 0 spiro atoms. The second-order valence-corrected chi connectivity index (χ2v) is 5.62. The first-order valence-corrected chi connectivity index (χ1v) is 7.85. The molecule has 4 aromatic rings. The minimum absolute atomic E-state index is 0.217. The van der Waals surface area contributed by atoms with Crippen LogP contribution in [0.2, 0.25) is 0 Å². The summed E-state index contributed by atoms with van der Waals surface area (Å²) in [5, 5.41) is 13.9. The van der Waals surface area contributed by atoms with Gasteiger partial charge in [0.15, 0.2) is 5.65 Å². The number of aromatic nitrogens is 2. The Bertz CT molecular complexity index is 1100. The van der Waals surface area contributed by atoms with Crippen LogP contribution in [0.25, 0.3) is 22.2 Å². The molecule has 0 fully saturated rings. The maximum Gasteiger partial charge on any atom is 0.286 e. The fourth-order valence-corrected chi connectivity index (χ4v) is 2.85. The lowest BCUT2D eigenvalue weighted by atomic mass is 10.0. The molecule has 0 saturated heterocycles. The quantitative estimate of drug-likeness (QED) is 0.557. The fraction of sp³-hybridized carbons (Fsp3) is 0. The van der Waals surface area contributed by atoms with E-state index in [1.54, 1.807) is 6.07 Å². The Balaban J connectivity index is 1.87. The van der Waals surface area contributed by atoms with Gasteiger partial charge in [-0.05, 0) is 23.8 Å². The van der Waals surface area contributed by atoms with Crippen LogP contribution in [0, 0.1) is 0 Å². The molecule has 2 N–H and O–H groups in total. The first kappa shape index (κ1) is 15.0. The molecule has 2 aromatic heterocycles. The van der Waals surface area contributed by atoms with E-state index in [0.717, 1.165) is 16.8 Å². The number of benzene rings is 2. The summed E-state index contributed by atoms with van der Waals surface area (Å²) >= 11 is 0. The first-order chi connectivity index (χ1) is 12.2. The van der Waals surface area contributed by atoms with Crippen molar-refractivity contribution in [1.29, 1.82) is 0 Å². The minimum Gasteiger partial charge on any atom is -0.423 e. The Hall–Kier alpha value is -3.60. The SMILES string of the molecule is O=c1cc(Nc2ccccc2-c2ccccc2)c2cccnc2n1O. The van der Waals surface area contributed by atoms with E-state index in [-0.39, 0.29) is 5.65 Å². The highest BCUT2D eigenvalue weighted by atomic mass is 16.5. The third-order valence-corrected chi connectivity index (χ3v) is 4.04. The van der Waals surface area contributed by atoms with Gasteiger partial charge in [0.2, 0.25) is 0 Å². The number of nitrogens with zero attached hydrogens (tertiary/aromatic N) is 2. The van der Waals surface area contributed by atoms with Gasteiger partial charge in [-0.3, -0.25) is 4.79 Å². The van der Waals surface area contributed by atoms with Crippen LogP contribution >= 0.6 is 0 Å². The van der Waals surface area contributed by atoms with Crippen molar-refractivity contribution in [2.75, 3.05) is 5.32 Å². The van der Waals surface area contributed by atoms with Gasteiger partial charge in [0.1, 0.15) is 0 Å². The monoisotopic (exact) mass is 329 g/mol. The van der Waals surface area contributed by atoms with Gasteiger partial charge in [-0.15, -0.1) is 4.73 Å². The second-order valence-electron chi connectivity index (χ2n) is 5.62. The van der Waals surface area contributed by atoms with Crippen LogP contribution in [0.3, 0.4) is 0 Å². The smallest absolute Gasteiger partial charge is 0.286 e. The van der Waals surface area contributed by atoms with Crippen molar-refractivity contribution < 1.29 is 5.21 Å². The number of rotatable bonds is 3. The van der Waals surface area contributed by atoms with Crippen LogP contribution < -0.4 is 10.9 Å². The number of fused-ring (bicyclic) bond motifs is 1. The molecule has 4 rings (SSSR count). The molecule has 0 bridgehead atoms. The summed E-state index contributed by atoms with van der Waals surface area (Å²) in [6.07, 6.45) is 1.54. The van der Waals surface area contributed by atoms with Gasteiger partial charge in [-0.2, -0.15) is 0 Å². The van der Waals surface area contributed by atoms with Crippen molar-refractivity contribution in [3.8, 4) is 11.1 Å². The van der Waals surface area contributed by atoms with Crippen LogP contribution in [0.4, 0.5) is 11.4 Å².